The summed E-state index contributed by atoms with van der Waals surface area (Å²) in [4.78, 5) is 13.4. The van der Waals surface area contributed by atoms with Crippen LogP contribution in [0.15, 0.2) is 70.1 Å². The lowest BCUT2D eigenvalue weighted by Gasteiger charge is -2.52. The third-order valence-corrected chi connectivity index (χ3v) is 8.44. The molecule has 32 heavy (non-hydrogen) atoms. The van der Waals surface area contributed by atoms with Gasteiger partial charge in [-0.25, -0.2) is 4.79 Å². The van der Waals surface area contributed by atoms with Crippen LogP contribution in [0.4, 0.5) is 0 Å². The van der Waals surface area contributed by atoms with E-state index in [1.165, 1.54) is 28.2 Å². The highest BCUT2D eigenvalue weighted by atomic mass is 32.1. The Hall–Kier alpha value is -2.25. The zero-order chi connectivity index (χ0) is 22.0. The molecule has 3 saturated heterocycles. The second-order valence-electron chi connectivity index (χ2n) is 8.98. The molecule has 0 spiro atoms. The van der Waals surface area contributed by atoms with Gasteiger partial charge in [0.25, 0.3) is 0 Å². The maximum Gasteiger partial charge on any atom is 0.348 e. The van der Waals surface area contributed by atoms with Gasteiger partial charge in [-0.05, 0) is 45.3 Å². The number of ether oxygens (including phenoxy) is 1. The lowest BCUT2D eigenvalue weighted by molar-refractivity contribution is -0.941. The Bertz CT molecular complexity index is 1020. The van der Waals surface area contributed by atoms with E-state index < -0.39 is 11.6 Å². The fourth-order valence-electron chi connectivity index (χ4n) is 5.15. The van der Waals surface area contributed by atoms with E-state index in [-0.39, 0.29) is 6.10 Å². The Morgan fingerprint density at radius 3 is 2.31 bits per heavy atom. The molecule has 4 nitrogen and oxygen atoms in total. The molecule has 1 N–H and O–H groups in total. The Balaban J connectivity index is 1.32. The Morgan fingerprint density at radius 2 is 1.72 bits per heavy atom. The van der Waals surface area contributed by atoms with Gasteiger partial charge in [-0.15, -0.1) is 0 Å². The predicted octanol–water partition coefficient (Wildman–Crippen LogP) is 4.91. The van der Waals surface area contributed by atoms with Gasteiger partial charge in [0.1, 0.15) is 6.54 Å². The van der Waals surface area contributed by atoms with E-state index in [0.717, 1.165) is 43.5 Å². The van der Waals surface area contributed by atoms with Crippen molar-refractivity contribution in [1.82, 2.24) is 0 Å². The second kappa shape index (κ2) is 8.94. The van der Waals surface area contributed by atoms with E-state index in [9.17, 15) is 9.90 Å². The van der Waals surface area contributed by atoms with Crippen molar-refractivity contribution in [2.75, 3.05) is 26.2 Å². The minimum Gasteiger partial charge on any atom is -0.453 e. The molecule has 166 valence electrons. The minimum absolute atomic E-state index is 0.154. The van der Waals surface area contributed by atoms with Crippen molar-refractivity contribution in [3.63, 3.8) is 0 Å². The molecule has 2 bridgehead atoms. The molecule has 6 heteroatoms. The molecule has 1 aromatic carbocycles. The number of carbonyl (C=O) groups excluding carboxylic acids is 1. The number of fused-ring (bicyclic) bond motifs is 3. The molecule has 3 fully saturated rings. The maximum absolute atomic E-state index is 13.4. The van der Waals surface area contributed by atoms with Crippen LogP contribution < -0.4 is 0 Å². The first kappa shape index (κ1) is 21.6. The summed E-state index contributed by atoms with van der Waals surface area (Å²) >= 11 is 2.94. The Morgan fingerprint density at radius 1 is 1.06 bits per heavy atom. The average Bonchev–Trinajstić information content (AvgIpc) is 3.55. The Kier molecular flexibility index (Phi) is 6.03. The molecule has 3 aliphatic heterocycles. The number of quaternary nitrogens is 1. The molecule has 0 saturated carbocycles. The zero-order valence-corrected chi connectivity index (χ0v) is 19.6. The van der Waals surface area contributed by atoms with Gasteiger partial charge in [0.2, 0.25) is 5.60 Å². The number of rotatable bonds is 7. The van der Waals surface area contributed by atoms with Crippen molar-refractivity contribution >= 4 is 34.7 Å². The van der Waals surface area contributed by atoms with E-state index >= 15 is 0 Å². The maximum atomic E-state index is 13.4. The average molecular weight is 467 g/mol. The highest BCUT2D eigenvalue weighted by Crippen LogP contribution is 2.39. The molecule has 5 heterocycles. The number of carbonyl (C=O) groups is 1. The fourth-order valence-corrected chi connectivity index (χ4v) is 6.55. The number of benzene rings is 1. The summed E-state index contributed by atoms with van der Waals surface area (Å²) in [5.41, 5.74) is 0.630. The topological polar surface area (TPSA) is 46.5 Å². The van der Waals surface area contributed by atoms with Gasteiger partial charge in [-0.2, -0.15) is 22.7 Å². The number of thiophene rings is 2. The van der Waals surface area contributed by atoms with Crippen molar-refractivity contribution in [2.45, 2.75) is 24.5 Å². The van der Waals surface area contributed by atoms with E-state index in [2.05, 4.69) is 36.4 Å². The summed E-state index contributed by atoms with van der Waals surface area (Å²) in [7, 11) is 0. The van der Waals surface area contributed by atoms with Crippen molar-refractivity contribution < 1.29 is 19.1 Å². The zero-order valence-electron chi connectivity index (χ0n) is 17.9. The first-order chi connectivity index (χ1) is 15.6. The van der Waals surface area contributed by atoms with Crippen LogP contribution in [-0.4, -0.2) is 47.8 Å². The van der Waals surface area contributed by atoms with Gasteiger partial charge in [-0.3, -0.25) is 0 Å². The van der Waals surface area contributed by atoms with E-state index in [0.29, 0.717) is 17.0 Å². The van der Waals surface area contributed by atoms with E-state index in [1.54, 1.807) is 0 Å². The smallest absolute Gasteiger partial charge is 0.348 e. The van der Waals surface area contributed by atoms with Crippen LogP contribution in [-0.2, 0) is 15.1 Å². The molecule has 6 rings (SSSR count). The molecule has 0 radical (unpaired) electrons. The molecule has 3 aromatic rings. The van der Waals surface area contributed by atoms with Gasteiger partial charge in [-0.1, -0.05) is 36.4 Å². The highest BCUT2D eigenvalue weighted by molar-refractivity contribution is 7.08. The summed E-state index contributed by atoms with van der Waals surface area (Å²) in [5, 5.41) is 19.0. The largest absolute Gasteiger partial charge is 0.453 e. The quantitative estimate of drug-likeness (QED) is 0.398. The molecule has 1 atom stereocenters. The molecule has 0 amide bonds. The molecule has 2 aromatic heterocycles. The summed E-state index contributed by atoms with van der Waals surface area (Å²) < 4.78 is 7.06. The van der Waals surface area contributed by atoms with Crippen LogP contribution in [0.25, 0.3) is 6.08 Å². The summed E-state index contributed by atoms with van der Waals surface area (Å²) in [6.45, 7) is 4.00. The van der Waals surface area contributed by atoms with Crippen molar-refractivity contribution in [1.29, 1.82) is 0 Å². The first-order valence-corrected chi connectivity index (χ1v) is 13.0. The third kappa shape index (κ3) is 4.08. The Labute approximate surface area is 197 Å². The predicted molar refractivity (Wildman–Crippen MR) is 129 cm³/mol. The van der Waals surface area contributed by atoms with Crippen LogP contribution in [0.5, 0.6) is 0 Å². The summed E-state index contributed by atoms with van der Waals surface area (Å²) in [6, 6.07) is 14.0. The van der Waals surface area contributed by atoms with Crippen LogP contribution in [0, 0.1) is 5.92 Å². The van der Waals surface area contributed by atoms with Gasteiger partial charge in [0, 0.05) is 29.9 Å². The lowest BCUT2D eigenvalue weighted by Crippen LogP contribution is -2.64. The second-order valence-corrected chi connectivity index (χ2v) is 10.5. The van der Waals surface area contributed by atoms with Crippen molar-refractivity contribution in [3.05, 3.63) is 86.8 Å². The van der Waals surface area contributed by atoms with Crippen molar-refractivity contribution in [2.24, 2.45) is 5.92 Å². The lowest BCUT2D eigenvalue weighted by atomic mass is 9.82. The van der Waals surface area contributed by atoms with Crippen molar-refractivity contribution in [3.8, 4) is 0 Å². The van der Waals surface area contributed by atoms with Gasteiger partial charge in [0.05, 0.1) is 19.6 Å². The number of nitrogens with zero attached hydrogens (tertiary/aromatic N) is 1. The van der Waals surface area contributed by atoms with E-state index in [4.69, 9.17) is 4.74 Å². The van der Waals surface area contributed by atoms with Crippen LogP contribution in [0.3, 0.4) is 0 Å². The third-order valence-electron chi connectivity index (χ3n) is 7.08. The fraction of sp³-hybridized carbons (Fsp3) is 0.346. The van der Waals surface area contributed by atoms with Gasteiger partial charge >= 0.3 is 5.97 Å². The van der Waals surface area contributed by atoms with Crippen LogP contribution in [0.2, 0.25) is 0 Å². The summed E-state index contributed by atoms with van der Waals surface area (Å²) in [5.74, 6) is -0.169. The minimum atomic E-state index is -1.75. The molecule has 0 unspecified atom stereocenters. The number of aliphatic hydroxyl groups is 1. The number of esters is 1. The SMILES string of the molecule is O=C(O[C@H]1C[N+]2(CC=Cc3ccccc3)CCC1CC2)C(O)(c1ccsc1)c1ccsc1. The number of hydrogen-bond donors (Lipinski definition) is 1. The van der Waals surface area contributed by atoms with Crippen LogP contribution >= 0.6 is 22.7 Å². The number of hydrogen-bond acceptors (Lipinski definition) is 5. The van der Waals surface area contributed by atoms with Gasteiger partial charge in [0.15, 0.2) is 6.10 Å². The summed E-state index contributed by atoms with van der Waals surface area (Å²) in [6.07, 6.45) is 6.41. The monoisotopic (exact) mass is 466 g/mol. The van der Waals surface area contributed by atoms with E-state index in [1.807, 2.05) is 39.7 Å². The van der Waals surface area contributed by atoms with Gasteiger partial charge < -0.3 is 14.3 Å². The molecular weight excluding hydrogens is 438 g/mol. The number of piperidine rings is 3. The molecular formula is C26H28NO3S2+. The highest BCUT2D eigenvalue weighted by Gasteiger charge is 2.50. The standard InChI is InChI=1S/C26H28NO3S2/c28-25(26(29,22-10-15-31-18-22)23-11-16-32-19-23)30-24-17-27(13-8-21(24)9-14-27)12-4-7-20-5-2-1-3-6-20/h1-7,10-11,15-16,18-19,21,24,29H,8-9,12-14,17H2/q+1/t21?,24-,27?/m0/s1. The molecule has 0 aliphatic carbocycles. The van der Waals surface area contributed by atoms with Crippen LogP contribution in [0.1, 0.15) is 29.5 Å². The molecule has 3 aliphatic rings. The first-order valence-electron chi connectivity index (χ1n) is 11.1. The normalized spacial score (nSPS) is 25.3.